The molecule has 146 valence electrons. The quantitative estimate of drug-likeness (QED) is 0.203. The molecule has 0 saturated heterocycles. The zero-order chi connectivity index (χ0) is 20.9. The number of non-ortho nitro benzene ring substituents is 1. The van der Waals surface area contributed by atoms with Crippen LogP contribution in [0.5, 0.6) is 0 Å². The minimum Gasteiger partial charge on any atom is -0.289 e. The second-order valence-corrected chi connectivity index (χ2v) is 6.45. The number of nitrogens with zero attached hydrogens (tertiary/aromatic N) is 4. The van der Waals surface area contributed by atoms with Crippen LogP contribution < -0.4 is 0 Å². The highest BCUT2D eigenvalue weighted by atomic mass is 16.6. The lowest BCUT2D eigenvalue weighted by Crippen LogP contribution is -1.95. The van der Waals surface area contributed by atoms with Crippen molar-refractivity contribution in [3.63, 3.8) is 0 Å². The van der Waals surface area contributed by atoms with Crippen LogP contribution in [0, 0.1) is 10.1 Å². The van der Waals surface area contributed by atoms with Gasteiger partial charge < -0.3 is 0 Å². The summed E-state index contributed by atoms with van der Waals surface area (Å²) in [4.78, 5) is 26.9. The van der Waals surface area contributed by atoms with Crippen molar-refractivity contribution in [2.75, 3.05) is 0 Å². The van der Waals surface area contributed by atoms with Gasteiger partial charge in [-0.3, -0.25) is 19.9 Å². The number of benzene rings is 2. The summed E-state index contributed by atoms with van der Waals surface area (Å²) in [6.45, 7) is 0. The maximum atomic E-state index is 12.5. The smallest absolute Gasteiger partial charge is 0.269 e. The number of hydrogen-bond donors (Lipinski definition) is 0. The summed E-state index contributed by atoms with van der Waals surface area (Å²) in [7, 11) is 0. The number of carbonyl (C=O) groups is 1. The number of nitro benzene ring substituents is 1. The topological polar surface area (TPSA) is 90.9 Å². The fourth-order valence-corrected chi connectivity index (χ4v) is 2.97. The molecule has 7 nitrogen and oxygen atoms in total. The van der Waals surface area contributed by atoms with E-state index >= 15 is 0 Å². The Morgan fingerprint density at radius 2 is 1.67 bits per heavy atom. The van der Waals surface area contributed by atoms with Gasteiger partial charge in [0.25, 0.3) is 5.69 Å². The van der Waals surface area contributed by atoms with Crippen LogP contribution in [0.15, 0.2) is 91.4 Å². The van der Waals surface area contributed by atoms with E-state index in [4.69, 9.17) is 0 Å². The Morgan fingerprint density at radius 1 is 0.967 bits per heavy atom. The number of ketones is 1. The first-order valence-corrected chi connectivity index (χ1v) is 9.14. The number of para-hydroxylation sites is 1. The van der Waals surface area contributed by atoms with E-state index in [-0.39, 0.29) is 11.5 Å². The lowest BCUT2D eigenvalue weighted by atomic mass is 10.1. The van der Waals surface area contributed by atoms with Gasteiger partial charge in [-0.2, -0.15) is 5.10 Å². The van der Waals surface area contributed by atoms with E-state index in [9.17, 15) is 14.9 Å². The standard InChI is InChI=1S/C23H16N4O3/c28-22(17-6-9-21(10-7-17)27(29)30)11-8-19-16-26(20-4-2-1-3-5-20)25-23(19)18-12-14-24-15-13-18/h1-16H/b11-8+. The molecule has 0 atom stereocenters. The fourth-order valence-electron chi connectivity index (χ4n) is 2.97. The molecule has 0 bridgehead atoms. The van der Waals surface area contributed by atoms with Crippen molar-refractivity contribution >= 4 is 17.5 Å². The molecular formula is C23H16N4O3. The highest BCUT2D eigenvalue weighted by molar-refractivity contribution is 6.07. The Balaban J connectivity index is 1.67. The summed E-state index contributed by atoms with van der Waals surface area (Å²) in [6, 6.07) is 18.9. The molecule has 0 aliphatic heterocycles. The first-order valence-electron chi connectivity index (χ1n) is 9.14. The zero-order valence-corrected chi connectivity index (χ0v) is 15.8. The molecule has 7 heteroatoms. The zero-order valence-electron chi connectivity index (χ0n) is 15.8. The van der Waals surface area contributed by atoms with Crippen molar-refractivity contribution in [1.82, 2.24) is 14.8 Å². The van der Waals surface area contributed by atoms with Gasteiger partial charge in [-0.05, 0) is 48.6 Å². The van der Waals surface area contributed by atoms with E-state index in [1.54, 1.807) is 23.2 Å². The fraction of sp³-hybridized carbons (Fsp3) is 0. The van der Waals surface area contributed by atoms with Crippen molar-refractivity contribution in [2.24, 2.45) is 0 Å². The van der Waals surface area contributed by atoms with Crippen LogP contribution in [-0.4, -0.2) is 25.5 Å². The summed E-state index contributed by atoms with van der Waals surface area (Å²) in [6.07, 6.45) is 8.37. The van der Waals surface area contributed by atoms with Crippen molar-refractivity contribution in [3.8, 4) is 16.9 Å². The number of pyridine rings is 1. The van der Waals surface area contributed by atoms with Crippen molar-refractivity contribution in [2.45, 2.75) is 0 Å². The Morgan fingerprint density at radius 3 is 2.33 bits per heavy atom. The molecule has 0 unspecified atom stereocenters. The maximum absolute atomic E-state index is 12.5. The number of hydrogen-bond acceptors (Lipinski definition) is 5. The van der Waals surface area contributed by atoms with Crippen LogP contribution in [0.2, 0.25) is 0 Å². The van der Waals surface area contributed by atoms with E-state index in [0.717, 1.165) is 16.8 Å². The van der Waals surface area contributed by atoms with Gasteiger partial charge in [0.2, 0.25) is 0 Å². The Kier molecular flexibility index (Phi) is 5.25. The van der Waals surface area contributed by atoms with Crippen molar-refractivity contribution in [3.05, 3.63) is 113 Å². The molecule has 4 rings (SSSR count). The molecule has 2 aromatic heterocycles. The van der Waals surface area contributed by atoms with Crippen molar-refractivity contribution < 1.29 is 9.72 Å². The van der Waals surface area contributed by atoms with Gasteiger partial charge in [-0.1, -0.05) is 18.2 Å². The Hall–Kier alpha value is -4.39. The molecule has 30 heavy (non-hydrogen) atoms. The van der Waals surface area contributed by atoms with Gasteiger partial charge in [0.15, 0.2) is 5.78 Å². The molecule has 0 spiro atoms. The number of rotatable bonds is 6. The van der Waals surface area contributed by atoms with Gasteiger partial charge in [-0.25, -0.2) is 4.68 Å². The first-order chi connectivity index (χ1) is 14.6. The Bertz CT molecular complexity index is 1210. The summed E-state index contributed by atoms with van der Waals surface area (Å²) in [5, 5.41) is 15.5. The molecule has 0 aliphatic carbocycles. The second kappa shape index (κ2) is 8.32. The van der Waals surface area contributed by atoms with E-state index < -0.39 is 4.92 Å². The average molecular weight is 396 g/mol. The third-order valence-electron chi connectivity index (χ3n) is 4.49. The molecule has 0 amide bonds. The van der Waals surface area contributed by atoms with Gasteiger partial charge in [0, 0.05) is 47.4 Å². The molecular weight excluding hydrogens is 380 g/mol. The summed E-state index contributed by atoms with van der Waals surface area (Å²) in [5.74, 6) is -0.252. The van der Waals surface area contributed by atoms with Crippen LogP contribution >= 0.6 is 0 Å². The first kappa shape index (κ1) is 18.9. The normalized spacial score (nSPS) is 10.9. The van der Waals surface area contributed by atoms with Gasteiger partial charge in [0.05, 0.1) is 10.6 Å². The molecule has 0 radical (unpaired) electrons. The average Bonchev–Trinajstić information content (AvgIpc) is 3.23. The van der Waals surface area contributed by atoms with Gasteiger partial charge in [-0.15, -0.1) is 0 Å². The van der Waals surface area contributed by atoms with E-state index in [0.29, 0.717) is 11.3 Å². The summed E-state index contributed by atoms with van der Waals surface area (Å²) >= 11 is 0. The minimum atomic E-state index is -0.497. The predicted molar refractivity (Wildman–Crippen MR) is 113 cm³/mol. The molecule has 0 fully saturated rings. The maximum Gasteiger partial charge on any atom is 0.269 e. The highest BCUT2D eigenvalue weighted by Crippen LogP contribution is 2.24. The lowest BCUT2D eigenvalue weighted by Gasteiger charge is -2.00. The molecule has 2 heterocycles. The van der Waals surface area contributed by atoms with E-state index in [1.807, 2.05) is 48.7 Å². The molecule has 2 aromatic carbocycles. The van der Waals surface area contributed by atoms with Crippen LogP contribution in [0.3, 0.4) is 0 Å². The van der Waals surface area contributed by atoms with Crippen LogP contribution in [-0.2, 0) is 0 Å². The lowest BCUT2D eigenvalue weighted by molar-refractivity contribution is -0.384. The number of aromatic nitrogens is 3. The molecule has 0 saturated carbocycles. The monoisotopic (exact) mass is 396 g/mol. The minimum absolute atomic E-state index is 0.0559. The van der Waals surface area contributed by atoms with Crippen molar-refractivity contribution in [1.29, 1.82) is 0 Å². The van der Waals surface area contributed by atoms with E-state index in [1.165, 1.54) is 30.3 Å². The largest absolute Gasteiger partial charge is 0.289 e. The third-order valence-corrected chi connectivity index (χ3v) is 4.49. The summed E-state index contributed by atoms with van der Waals surface area (Å²) in [5.41, 5.74) is 3.57. The van der Waals surface area contributed by atoms with Gasteiger partial charge in [0.1, 0.15) is 5.69 Å². The van der Waals surface area contributed by atoms with E-state index in [2.05, 4.69) is 10.1 Å². The number of allylic oxidation sites excluding steroid dienone is 1. The third kappa shape index (κ3) is 4.05. The molecule has 0 N–H and O–H groups in total. The summed E-state index contributed by atoms with van der Waals surface area (Å²) < 4.78 is 1.76. The predicted octanol–water partition coefficient (Wildman–Crippen LogP) is 4.74. The Labute approximate surface area is 172 Å². The molecule has 4 aromatic rings. The van der Waals surface area contributed by atoms with Crippen LogP contribution in [0.4, 0.5) is 5.69 Å². The van der Waals surface area contributed by atoms with Crippen LogP contribution in [0.1, 0.15) is 15.9 Å². The SMILES string of the molecule is O=C(/C=C/c1cn(-c2ccccc2)nc1-c1ccncc1)c1ccc([N+](=O)[O-])cc1. The highest BCUT2D eigenvalue weighted by Gasteiger charge is 2.12. The second-order valence-electron chi connectivity index (χ2n) is 6.45. The number of carbonyl (C=O) groups excluding carboxylic acids is 1. The number of nitro groups is 1. The van der Waals surface area contributed by atoms with Gasteiger partial charge >= 0.3 is 0 Å². The molecule has 0 aliphatic rings. The van der Waals surface area contributed by atoms with Crippen LogP contribution in [0.25, 0.3) is 23.0 Å².